The third-order valence-electron chi connectivity index (χ3n) is 2.23. The molecule has 1 aromatic rings. The highest BCUT2D eigenvalue weighted by Gasteiger charge is 2.24. The van der Waals surface area contributed by atoms with E-state index >= 15 is 0 Å². The molecule has 0 amide bonds. The first kappa shape index (κ1) is 10.8. The molecule has 4 nitrogen and oxygen atoms in total. The van der Waals surface area contributed by atoms with E-state index in [4.69, 9.17) is 16.6 Å². The molecular formula is C10H16N2O2. The van der Waals surface area contributed by atoms with Gasteiger partial charge in [-0.1, -0.05) is 6.07 Å². The number of anilines is 1. The number of nitrogens with two attached hydrogens (primary N) is 2. The maximum atomic E-state index is 9.67. The molecule has 0 heterocycles. The molecule has 0 radical (unpaired) electrons. The molecule has 78 valence electrons. The van der Waals surface area contributed by atoms with E-state index in [1.807, 2.05) is 6.92 Å². The van der Waals surface area contributed by atoms with Crippen LogP contribution in [-0.2, 0) is 5.54 Å². The van der Waals surface area contributed by atoms with Crippen LogP contribution in [0, 0.1) is 6.92 Å². The third-order valence-corrected chi connectivity index (χ3v) is 2.23. The lowest BCUT2D eigenvalue weighted by Crippen LogP contribution is -2.37. The van der Waals surface area contributed by atoms with Gasteiger partial charge < -0.3 is 21.7 Å². The highest BCUT2D eigenvalue weighted by atomic mass is 16.3. The van der Waals surface area contributed by atoms with Crippen LogP contribution in [0.3, 0.4) is 0 Å². The lowest BCUT2D eigenvalue weighted by atomic mass is 9.91. The van der Waals surface area contributed by atoms with Crippen LogP contribution in [0.1, 0.15) is 18.1 Å². The molecule has 0 bridgehead atoms. The number of benzene rings is 1. The molecule has 0 aliphatic heterocycles. The van der Waals surface area contributed by atoms with Crippen molar-refractivity contribution in [2.24, 2.45) is 5.73 Å². The van der Waals surface area contributed by atoms with Crippen molar-refractivity contribution in [3.8, 4) is 5.75 Å². The molecule has 0 fully saturated rings. The number of aromatic hydroxyl groups is 1. The van der Waals surface area contributed by atoms with Crippen molar-refractivity contribution >= 4 is 5.69 Å². The number of rotatable bonds is 2. The molecule has 1 aromatic carbocycles. The molecule has 4 heteroatoms. The lowest BCUT2D eigenvalue weighted by Gasteiger charge is -2.24. The zero-order chi connectivity index (χ0) is 10.9. The Hall–Kier alpha value is -1.26. The van der Waals surface area contributed by atoms with Crippen molar-refractivity contribution in [2.45, 2.75) is 19.4 Å². The van der Waals surface area contributed by atoms with Crippen molar-refractivity contribution in [3.63, 3.8) is 0 Å². The summed E-state index contributed by atoms with van der Waals surface area (Å²) in [5, 5.41) is 18.7. The number of hydrogen-bond donors (Lipinski definition) is 4. The predicted octanol–water partition coefficient (Wildman–Crippen LogP) is 0.449. The number of nitrogen functional groups attached to an aromatic ring is 1. The lowest BCUT2D eigenvalue weighted by molar-refractivity contribution is 0.207. The van der Waals surface area contributed by atoms with Gasteiger partial charge in [0.15, 0.2) is 0 Å². The molecule has 14 heavy (non-hydrogen) atoms. The molecule has 0 aliphatic carbocycles. The Kier molecular flexibility index (Phi) is 2.69. The van der Waals surface area contributed by atoms with Gasteiger partial charge in [0, 0.05) is 5.56 Å². The van der Waals surface area contributed by atoms with Gasteiger partial charge in [-0.3, -0.25) is 0 Å². The summed E-state index contributed by atoms with van der Waals surface area (Å²) in [6, 6.07) is 3.38. The molecule has 0 aliphatic rings. The first-order chi connectivity index (χ1) is 6.38. The highest BCUT2D eigenvalue weighted by Crippen LogP contribution is 2.33. The molecule has 0 spiro atoms. The van der Waals surface area contributed by atoms with E-state index in [0.717, 1.165) is 5.56 Å². The number of aliphatic hydroxyl groups excluding tert-OH is 1. The zero-order valence-electron chi connectivity index (χ0n) is 8.41. The summed E-state index contributed by atoms with van der Waals surface area (Å²) in [6.07, 6.45) is 0. The minimum Gasteiger partial charge on any atom is -0.505 e. The van der Waals surface area contributed by atoms with Crippen LogP contribution in [-0.4, -0.2) is 16.8 Å². The maximum Gasteiger partial charge on any atom is 0.143 e. The molecule has 1 atom stereocenters. The van der Waals surface area contributed by atoms with Crippen LogP contribution in [0.4, 0.5) is 5.69 Å². The second-order valence-electron chi connectivity index (χ2n) is 3.83. The molecule has 6 N–H and O–H groups in total. The van der Waals surface area contributed by atoms with Crippen molar-refractivity contribution in [1.29, 1.82) is 0 Å². The van der Waals surface area contributed by atoms with Gasteiger partial charge in [-0.05, 0) is 25.5 Å². The Bertz CT molecular complexity index is 348. The number of aryl methyl sites for hydroxylation is 1. The van der Waals surface area contributed by atoms with Crippen LogP contribution in [0.15, 0.2) is 12.1 Å². The van der Waals surface area contributed by atoms with Crippen molar-refractivity contribution in [1.82, 2.24) is 0 Å². The highest BCUT2D eigenvalue weighted by molar-refractivity contribution is 5.59. The summed E-state index contributed by atoms with van der Waals surface area (Å²) < 4.78 is 0. The summed E-state index contributed by atoms with van der Waals surface area (Å²) in [5.74, 6) is -0.0466. The fourth-order valence-corrected chi connectivity index (χ4v) is 1.33. The monoisotopic (exact) mass is 196 g/mol. The summed E-state index contributed by atoms with van der Waals surface area (Å²) in [5.41, 5.74) is 12.1. The van der Waals surface area contributed by atoms with Crippen LogP contribution in [0.5, 0.6) is 5.75 Å². The number of phenols is 1. The second-order valence-corrected chi connectivity index (χ2v) is 3.83. The number of phenolic OH excluding ortho intramolecular Hbond substituents is 1. The van der Waals surface area contributed by atoms with Gasteiger partial charge in [0.1, 0.15) is 5.75 Å². The fraction of sp³-hybridized carbons (Fsp3) is 0.400. The molecule has 0 aromatic heterocycles. The summed E-state index contributed by atoms with van der Waals surface area (Å²) in [7, 11) is 0. The van der Waals surface area contributed by atoms with Gasteiger partial charge in [0.05, 0.1) is 17.8 Å². The topological polar surface area (TPSA) is 92.5 Å². The molecule has 0 unspecified atom stereocenters. The van der Waals surface area contributed by atoms with E-state index in [2.05, 4.69) is 0 Å². The van der Waals surface area contributed by atoms with Crippen molar-refractivity contribution in [3.05, 3.63) is 23.3 Å². The minimum absolute atomic E-state index is 0.0466. The smallest absolute Gasteiger partial charge is 0.143 e. The Balaban J connectivity index is 3.34. The molecule has 0 saturated carbocycles. The van der Waals surface area contributed by atoms with E-state index < -0.39 is 5.54 Å². The normalized spacial score (nSPS) is 15.1. The first-order valence-electron chi connectivity index (χ1n) is 4.38. The second kappa shape index (κ2) is 3.48. The largest absolute Gasteiger partial charge is 0.505 e. The summed E-state index contributed by atoms with van der Waals surface area (Å²) in [4.78, 5) is 0. The predicted molar refractivity (Wildman–Crippen MR) is 55.9 cm³/mol. The summed E-state index contributed by atoms with van der Waals surface area (Å²) in [6.45, 7) is 3.25. The van der Waals surface area contributed by atoms with Gasteiger partial charge in [-0.15, -0.1) is 0 Å². The van der Waals surface area contributed by atoms with E-state index in [0.29, 0.717) is 5.56 Å². The number of aliphatic hydroxyl groups is 1. The van der Waals surface area contributed by atoms with Crippen LogP contribution in [0.25, 0.3) is 0 Å². The van der Waals surface area contributed by atoms with E-state index in [1.165, 1.54) is 0 Å². The third kappa shape index (κ3) is 1.81. The minimum atomic E-state index is -0.968. The molecule has 0 saturated heterocycles. The average molecular weight is 196 g/mol. The number of hydrogen-bond acceptors (Lipinski definition) is 4. The van der Waals surface area contributed by atoms with Crippen molar-refractivity contribution < 1.29 is 10.2 Å². The van der Waals surface area contributed by atoms with Gasteiger partial charge in [-0.25, -0.2) is 0 Å². The Labute approximate surface area is 83.2 Å². The zero-order valence-corrected chi connectivity index (χ0v) is 8.41. The Morgan fingerprint density at radius 1 is 1.43 bits per heavy atom. The quantitative estimate of drug-likeness (QED) is 0.408. The average Bonchev–Trinajstić information content (AvgIpc) is 2.11. The van der Waals surface area contributed by atoms with Crippen molar-refractivity contribution in [2.75, 3.05) is 12.3 Å². The maximum absolute atomic E-state index is 9.67. The van der Waals surface area contributed by atoms with Crippen LogP contribution in [0.2, 0.25) is 0 Å². The Morgan fingerprint density at radius 2 is 2.00 bits per heavy atom. The van der Waals surface area contributed by atoms with Crippen LogP contribution >= 0.6 is 0 Å². The molecule has 1 rings (SSSR count). The van der Waals surface area contributed by atoms with E-state index in [9.17, 15) is 5.11 Å². The van der Waals surface area contributed by atoms with Gasteiger partial charge in [0.2, 0.25) is 0 Å². The van der Waals surface area contributed by atoms with E-state index in [-0.39, 0.29) is 18.0 Å². The first-order valence-corrected chi connectivity index (χ1v) is 4.38. The summed E-state index contributed by atoms with van der Waals surface area (Å²) >= 11 is 0. The van der Waals surface area contributed by atoms with Crippen LogP contribution < -0.4 is 11.5 Å². The van der Waals surface area contributed by atoms with Gasteiger partial charge in [0.25, 0.3) is 0 Å². The standard InChI is InChI=1S/C10H16N2O2/c1-6-3-7(10(2,12)5-13)9(14)8(11)4-6/h3-4,13-14H,5,11-12H2,1-2H3/t10-/m0/s1. The van der Waals surface area contributed by atoms with E-state index in [1.54, 1.807) is 19.1 Å². The fourth-order valence-electron chi connectivity index (χ4n) is 1.33. The molecular weight excluding hydrogens is 180 g/mol. The van der Waals surface area contributed by atoms with Gasteiger partial charge >= 0.3 is 0 Å². The Morgan fingerprint density at radius 3 is 2.50 bits per heavy atom. The SMILES string of the molecule is Cc1cc(N)c(O)c([C@@](C)(N)CO)c1. The van der Waals surface area contributed by atoms with Gasteiger partial charge in [-0.2, -0.15) is 0 Å².